The summed E-state index contributed by atoms with van der Waals surface area (Å²) in [5, 5.41) is 3.62. The lowest BCUT2D eigenvalue weighted by atomic mass is 9.93. The second kappa shape index (κ2) is 6.05. The van der Waals surface area contributed by atoms with Crippen molar-refractivity contribution in [3.8, 4) is 0 Å². The SMILES string of the molecule is Cc1ccc(CN2CCC3NCCC3C2)cc1.Cl. The summed E-state index contributed by atoms with van der Waals surface area (Å²) in [6.07, 6.45) is 2.70. The molecule has 1 aromatic carbocycles. The molecule has 3 rings (SSSR count). The minimum absolute atomic E-state index is 0. The minimum Gasteiger partial charge on any atom is -0.314 e. The van der Waals surface area contributed by atoms with Gasteiger partial charge in [-0.05, 0) is 44.3 Å². The molecule has 0 spiro atoms. The largest absolute Gasteiger partial charge is 0.314 e. The lowest BCUT2D eigenvalue weighted by molar-refractivity contribution is 0.156. The fraction of sp³-hybridized carbons (Fsp3) is 0.600. The van der Waals surface area contributed by atoms with Gasteiger partial charge in [0, 0.05) is 19.1 Å². The Morgan fingerprint density at radius 2 is 2.00 bits per heavy atom. The Balaban J connectivity index is 0.00000120. The first-order valence-electron chi connectivity index (χ1n) is 6.82. The Morgan fingerprint density at radius 3 is 2.78 bits per heavy atom. The van der Waals surface area contributed by atoms with E-state index in [4.69, 9.17) is 0 Å². The number of nitrogens with one attached hydrogen (secondary N) is 1. The topological polar surface area (TPSA) is 15.3 Å². The summed E-state index contributed by atoms with van der Waals surface area (Å²) < 4.78 is 0. The molecule has 2 unspecified atom stereocenters. The van der Waals surface area contributed by atoms with Crippen molar-refractivity contribution in [2.45, 2.75) is 32.4 Å². The third-order valence-electron chi connectivity index (χ3n) is 4.27. The van der Waals surface area contributed by atoms with Crippen LogP contribution in [0.4, 0.5) is 0 Å². The van der Waals surface area contributed by atoms with Gasteiger partial charge >= 0.3 is 0 Å². The first-order valence-corrected chi connectivity index (χ1v) is 6.82. The second-order valence-electron chi connectivity index (χ2n) is 5.62. The summed E-state index contributed by atoms with van der Waals surface area (Å²) in [5.41, 5.74) is 2.81. The number of piperidine rings is 1. The third kappa shape index (κ3) is 3.05. The van der Waals surface area contributed by atoms with E-state index in [0.29, 0.717) is 0 Å². The highest BCUT2D eigenvalue weighted by molar-refractivity contribution is 5.85. The van der Waals surface area contributed by atoms with Crippen LogP contribution in [0.2, 0.25) is 0 Å². The zero-order valence-corrected chi connectivity index (χ0v) is 11.9. The van der Waals surface area contributed by atoms with Gasteiger partial charge in [-0.1, -0.05) is 29.8 Å². The Kier molecular flexibility index (Phi) is 4.66. The van der Waals surface area contributed by atoms with Crippen molar-refractivity contribution in [1.29, 1.82) is 0 Å². The molecule has 2 saturated heterocycles. The Bertz CT molecular complexity index is 377. The highest BCUT2D eigenvalue weighted by atomic mass is 35.5. The van der Waals surface area contributed by atoms with Crippen LogP contribution in [-0.4, -0.2) is 30.6 Å². The lowest BCUT2D eigenvalue weighted by Gasteiger charge is -2.34. The molecule has 0 aromatic heterocycles. The van der Waals surface area contributed by atoms with E-state index < -0.39 is 0 Å². The first kappa shape index (κ1) is 13.9. The van der Waals surface area contributed by atoms with Crippen molar-refractivity contribution in [3.63, 3.8) is 0 Å². The molecule has 100 valence electrons. The maximum Gasteiger partial charge on any atom is 0.0233 e. The number of rotatable bonds is 2. The van der Waals surface area contributed by atoms with E-state index in [1.807, 2.05) is 0 Å². The molecule has 2 aliphatic heterocycles. The molecular formula is C15H23ClN2. The summed E-state index contributed by atoms with van der Waals surface area (Å²) in [6, 6.07) is 9.80. The molecule has 0 bridgehead atoms. The Morgan fingerprint density at radius 1 is 1.22 bits per heavy atom. The van der Waals surface area contributed by atoms with Gasteiger partial charge in [0.1, 0.15) is 0 Å². The predicted molar refractivity (Wildman–Crippen MR) is 78.2 cm³/mol. The Hall–Kier alpha value is -0.570. The van der Waals surface area contributed by atoms with Crippen LogP contribution in [0.25, 0.3) is 0 Å². The van der Waals surface area contributed by atoms with E-state index in [0.717, 1.165) is 18.5 Å². The molecule has 0 saturated carbocycles. The van der Waals surface area contributed by atoms with E-state index in [1.54, 1.807) is 0 Å². The van der Waals surface area contributed by atoms with Gasteiger partial charge in [-0.3, -0.25) is 4.90 Å². The van der Waals surface area contributed by atoms with Crippen molar-refractivity contribution < 1.29 is 0 Å². The van der Waals surface area contributed by atoms with Crippen LogP contribution in [0.3, 0.4) is 0 Å². The zero-order chi connectivity index (χ0) is 11.7. The molecule has 0 radical (unpaired) electrons. The number of benzene rings is 1. The van der Waals surface area contributed by atoms with Gasteiger partial charge in [0.25, 0.3) is 0 Å². The molecule has 1 aromatic rings. The van der Waals surface area contributed by atoms with E-state index in [2.05, 4.69) is 41.4 Å². The van der Waals surface area contributed by atoms with Gasteiger partial charge in [-0.15, -0.1) is 12.4 Å². The number of nitrogens with zero attached hydrogens (tertiary/aromatic N) is 1. The van der Waals surface area contributed by atoms with Gasteiger partial charge in [0.15, 0.2) is 0 Å². The average molecular weight is 267 g/mol. The van der Waals surface area contributed by atoms with Crippen molar-refractivity contribution in [2.24, 2.45) is 5.92 Å². The van der Waals surface area contributed by atoms with E-state index in [9.17, 15) is 0 Å². The van der Waals surface area contributed by atoms with Crippen molar-refractivity contribution in [2.75, 3.05) is 19.6 Å². The van der Waals surface area contributed by atoms with Crippen LogP contribution in [0.5, 0.6) is 0 Å². The van der Waals surface area contributed by atoms with Crippen LogP contribution in [0.1, 0.15) is 24.0 Å². The normalized spacial score (nSPS) is 27.6. The minimum atomic E-state index is 0. The van der Waals surface area contributed by atoms with Gasteiger partial charge < -0.3 is 5.32 Å². The molecule has 0 amide bonds. The smallest absolute Gasteiger partial charge is 0.0233 e. The number of hydrogen-bond acceptors (Lipinski definition) is 2. The molecule has 3 heteroatoms. The number of fused-ring (bicyclic) bond motifs is 1. The molecule has 18 heavy (non-hydrogen) atoms. The lowest BCUT2D eigenvalue weighted by Crippen LogP contribution is -2.43. The summed E-state index contributed by atoms with van der Waals surface area (Å²) in [4.78, 5) is 2.62. The van der Waals surface area contributed by atoms with Crippen LogP contribution in [0.15, 0.2) is 24.3 Å². The zero-order valence-electron chi connectivity index (χ0n) is 11.1. The van der Waals surface area contributed by atoms with Crippen molar-refractivity contribution >= 4 is 12.4 Å². The molecule has 2 aliphatic rings. The summed E-state index contributed by atoms with van der Waals surface area (Å²) >= 11 is 0. The molecule has 2 fully saturated rings. The Labute approximate surface area is 116 Å². The number of hydrogen-bond donors (Lipinski definition) is 1. The number of aryl methyl sites for hydroxylation is 1. The summed E-state index contributed by atoms with van der Waals surface area (Å²) in [7, 11) is 0. The van der Waals surface area contributed by atoms with Crippen LogP contribution in [0, 0.1) is 12.8 Å². The van der Waals surface area contributed by atoms with Crippen molar-refractivity contribution in [3.05, 3.63) is 35.4 Å². The van der Waals surface area contributed by atoms with E-state index >= 15 is 0 Å². The van der Waals surface area contributed by atoms with Gasteiger partial charge in [0.2, 0.25) is 0 Å². The van der Waals surface area contributed by atoms with Crippen LogP contribution < -0.4 is 5.32 Å². The quantitative estimate of drug-likeness (QED) is 0.885. The maximum absolute atomic E-state index is 3.62. The number of likely N-dealkylation sites (tertiary alicyclic amines) is 1. The van der Waals surface area contributed by atoms with E-state index in [-0.39, 0.29) is 12.4 Å². The van der Waals surface area contributed by atoms with Crippen molar-refractivity contribution in [1.82, 2.24) is 10.2 Å². The summed E-state index contributed by atoms with van der Waals surface area (Å²) in [5.74, 6) is 0.897. The number of halogens is 1. The molecule has 1 N–H and O–H groups in total. The summed E-state index contributed by atoms with van der Waals surface area (Å²) in [6.45, 7) is 7.05. The van der Waals surface area contributed by atoms with Gasteiger partial charge in [-0.2, -0.15) is 0 Å². The van der Waals surface area contributed by atoms with Crippen LogP contribution >= 0.6 is 12.4 Å². The fourth-order valence-corrected chi connectivity index (χ4v) is 3.22. The standard InChI is InChI=1S/C15H22N2.ClH/c1-12-2-4-13(5-3-12)10-17-9-7-15-14(11-17)6-8-16-15;/h2-5,14-16H,6-11H2,1H3;1H. The van der Waals surface area contributed by atoms with Gasteiger partial charge in [0.05, 0.1) is 0 Å². The molecule has 2 heterocycles. The second-order valence-corrected chi connectivity index (χ2v) is 5.62. The predicted octanol–water partition coefficient (Wildman–Crippen LogP) is 2.60. The third-order valence-corrected chi connectivity index (χ3v) is 4.27. The molecule has 2 atom stereocenters. The fourth-order valence-electron chi connectivity index (χ4n) is 3.22. The van der Waals surface area contributed by atoms with E-state index in [1.165, 1.54) is 43.6 Å². The first-order chi connectivity index (χ1) is 8.31. The molecular weight excluding hydrogens is 244 g/mol. The average Bonchev–Trinajstić information content (AvgIpc) is 2.79. The highest BCUT2D eigenvalue weighted by Gasteiger charge is 2.32. The van der Waals surface area contributed by atoms with Crippen LogP contribution in [-0.2, 0) is 6.54 Å². The maximum atomic E-state index is 3.62. The molecule has 0 aliphatic carbocycles. The molecule has 2 nitrogen and oxygen atoms in total. The van der Waals surface area contributed by atoms with Gasteiger partial charge in [-0.25, -0.2) is 0 Å². The monoisotopic (exact) mass is 266 g/mol. The highest BCUT2D eigenvalue weighted by Crippen LogP contribution is 2.25.